The van der Waals surface area contributed by atoms with Crippen molar-refractivity contribution >= 4 is 11.9 Å². The van der Waals surface area contributed by atoms with E-state index >= 15 is 0 Å². The lowest BCUT2D eigenvalue weighted by Gasteiger charge is -2.32. The van der Waals surface area contributed by atoms with Crippen molar-refractivity contribution in [2.24, 2.45) is 5.92 Å². The van der Waals surface area contributed by atoms with Gasteiger partial charge in [-0.25, -0.2) is 4.39 Å². The second-order valence-electron chi connectivity index (χ2n) is 5.68. The van der Waals surface area contributed by atoms with Crippen molar-refractivity contribution in [1.82, 2.24) is 4.90 Å². The first-order chi connectivity index (χ1) is 9.97. The molecule has 0 bridgehead atoms. The van der Waals surface area contributed by atoms with Crippen LogP contribution in [0.25, 0.3) is 0 Å². The molecule has 0 radical (unpaired) electrons. The van der Waals surface area contributed by atoms with Gasteiger partial charge in [-0.05, 0) is 49.8 Å². The minimum Gasteiger partial charge on any atom is -0.481 e. The summed E-state index contributed by atoms with van der Waals surface area (Å²) in [4.78, 5) is 24.7. The van der Waals surface area contributed by atoms with Crippen LogP contribution in [0.3, 0.4) is 0 Å². The Kier molecular flexibility index (Phi) is 4.94. The summed E-state index contributed by atoms with van der Waals surface area (Å²) in [6, 6.07) is 4.61. The smallest absolute Gasteiger partial charge is 0.303 e. The molecular weight excluding hydrogens is 273 g/mol. The number of aliphatic carboxylic acids is 1. The number of likely N-dealkylation sites (tertiary alicyclic amines) is 1. The molecule has 0 saturated carbocycles. The van der Waals surface area contributed by atoms with Crippen LogP contribution in [0.2, 0.25) is 0 Å². The van der Waals surface area contributed by atoms with E-state index in [1.165, 1.54) is 12.1 Å². The molecule has 1 aliphatic heterocycles. The molecule has 1 aromatic rings. The number of rotatable bonds is 4. The third-order valence-corrected chi connectivity index (χ3v) is 3.93. The third kappa shape index (κ3) is 4.03. The maximum absolute atomic E-state index is 13.9. The van der Waals surface area contributed by atoms with E-state index in [2.05, 4.69) is 0 Å². The van der Waals surface area contributed by atoms with Gasteiger partial charge < -0.3 is 10.0 Å². The number of piperidine rings is 1. The molecule has 5 heteroatoms. The molecule has 1 fully saturated rings. The first kappa shape index (κ1) is 15.5. The van der Waals surface area contributed by atoms with Gasteiger partial charge in [0, 0.05) is 19.5 Å². The summed E-state index contributed by atoms with van der Waals surface area (Å²) in [5, 5.41) is 8.73. The number of hydrogen-bond donors (Lipinski definition) is 1. The van der Waals surface area contributed by atoms with Crippen LogP contribution in [-0.2, 0) is 4.79 Å². The minimum absolute atomic E-state index is 0.0967. The van der Waals surface area contributed by atoms with E-state index in [-0.39, 0.29) is 23.8 Å². The van der Waals surface area contributed by atoms with Crippen molar-refractivity contribution in [3.63, 3.8) is 0 Å². The van der Waals surface area contributed by atoms with Gasteiger partial charge in [0.25, 0.3) is 5.91 Å². The van der Waals surface area contributed by atoms with E-state index in [0.717, 1.165) is 18.4 Å². The summed E-state index contributed by atoms with van der Waals surface area (Å²) in [6.45, 7) is 2.90. The van der Waals surface area contributed by atoms with Crippen LogP contribution < -0.4 is 0 Å². The number of hydrogen-bond acceptors (Lipinski definition) is 2. The van der Waals surface area contributed by atoms with Crippen LogP contribution in [-0.4, -0.2) is 35.0 Å². The summed E-state index contributed by atoms with van der Waals surface area (Å²) in [6.07, 6.45) is 2.44. The molecule has 1 aliphatic rings. The van der Waals surface area contributed by atoms with Crippen LogP contribution in [0.5, 0.6) is 0 Å². The summed E-state index contributed by atoms with van der Waals surface area (Å²) in [5.41, 5.74) is 0.876. The molecule has 0 aliphatic carbocycles. The molecule has 1 atom stereocenters. The number of benzene rings is 1. The largest absolute Gasteiger partial charge is 0.481 e. The summed E-state index contributed by atoms with van der Waals surface area (Å²) < 4.78 is 13.9. The molecule has 1 saturated heterocycles. The first-order valence-corrected chi connectivity index (χ1v) is 7.24. The van der Waals surface area contributed by atoms with Gasteiger partial charge in [-0.1, -0.05) is 6.07 Å². The van der Waals surface area contributed by atoms with Gasteiger partial charge in [0.2, 0.25) is 0 Å². The summed E-state index contributed by atoms with van der Waals surface area (Å²) in [5.74, 6) is -1.42. The van der Waals surface area contributed by atoms with E-state index in [1.807, 2.05) is 0 Å². The zero-order valence-electron chi connectivity index (χ0n) is 12.1. The van der Waals surface area contributed by atoms with Gasteiger partial charge in [-0.2, -0.15) is 0 Å². The van der Waals surface area contributed by atoms with Crippen molar-refractivity contribution < 1.29 is 19.1 Å². The molecule has 0 spiro atoms. The Labute approximate surface area is 123 Å². The van der Waals surface area contributed by atoms with Crippen LogP contribution >= 0.6 is 0 Å². The maximum Gasteiger partial charge on any atom is 0.303 e. The van der Waals surface area contributed by atoms with Crippen LogP contribution in [0, 0.1) is 18.7 Å². The fraction of sp³-hybridized carbons (Fsp3) is 0.500. The molecule has 21 heavy (non-hydrogen) atoms. The quantitative estimate of drug-likeness (QED) is 0.928. The third-order valence-electron chi connectivity index (χ3n) is 3.93. The van der Waals surface area contributed by atoms with Crippen LogP contribution in [0.15, 0.2) is 18.2 Å². The average molecular weight is 293 g/mol. The van der Waals surface area contributed by atoms with E-state index in [1.54, 1.807) is 17.9 Å². The Morgan fingerprint density at radius 1 is 1.43 bits per heavy atom. The van der Waals surface area contributed by atoms with Gasteiger partial charge in [-0.15, -0.1) is 0 Å². The average Bonchev–Trinajstić information content (AvgIpc) is 2.45. The number of aryl methyl sites for hydroxylation is 1. The molecule has 1 aromatic carbocycles. The molecule has 114 valence electrons. The zero-order valence-corrected chi connectivity index (χ0v) is 12.1. The molecular formula is C16H20FNO3. The van der Waals surface area contributed by atoms with Gasteiger partial charge in [0.1, 0.15) is 5.82 Å². The van der Waals surface area contributed by atoms with E-state index < -0.39 is 11.8 Å². The van der Waals surface area contributed by atoms with Crippen molar-refractivity contribution in [2.75, 3.05) is 13.1 Å². The molecule has 0 unspecified atom stereocenters. The summed E-state index contributed by atoms with van der Waals surface area (Å²) >= 11 is 0. The highest BCUT2D eigenvalue weighted by molar-refractivity contribution is 5.94. The van der Waals surface area contributed by atoms with Crippen LogP contribution in [0.1, 0.15) is 41.6 Å². The van der Waals surface area contributed by atoms with Gasteiger partial charge >= 0.3 is 5.97 Å². The topological polar surface area (TPSA) is 57.6 Å². The zero-order chi connectivity index (χ0) is 15.4. The predicted molar refractivity (Wildman–Crippen MR) is 76.6 cm³/mol. The number of halogens is 1. The summed E-state index contributed by atoms with van der Waals surface area (Å²) in [7, 11) is 0. The molecule has 0 aromatic heterocycles. The van der Waals surface area contributed by atoms with E-state index in [9.17, 15) is 14.0 Å². The number of carboxylic acids is 1. The Hall–Kier alpha value is -1.91. The second kappa shape index (κ2) is 6.70. The van der Waals surface area contributed by atoms with Crippen molar-refractivity contribution in [1.29, 1.82) is 0 Å². The lowest BCUT2D eigenvalue weighted by Crippen LogP contribution is -2.40. The fourth-order valence-corrected chi connectivity index (χ4v) is 2.78. The van der Waals surface area contributed by atoms with Crippen LogP contribution in [0.4, 0.5) is 4.39 Å². The van der Waals surface area contributed by atoms with E-state index in [4.69, 9.17) is 5.11 Å². The standard InChI is InChI=1S/C16H20FNO3/c1-11-4-6-13(14(17)9-11)16(21)18-8-2-3-12(10-18)5-7-15(19)20/h4,6,9,12H,2-3,5,7-8,10H2,1H3,(H,19,20)/t12-/m0/s1. The van der Waals surface area contributed by atoms with Crippen molar-refractivity contribution in [2.45, 2.75) is 32.6 Å². The van der Waals surface area contributed by atoms with Crippen molar-refractivity contribution in [3.8, 4) is 0 Å². The first-order valence-electron chi connectivity index (χ1n) is 7.24. The highest BCUT2D eigenvalue weighted by Crippen LogP contribution is 2.23. The minimum atomic E-state index is -0.817. The number of carbonyl (C=O) groups is 2. The SMILES string of the molecule is Cc1ccc(C(=O)N2CCC[C@@H](CCC(=O)O)C2)c(F)c1. The van der Waals surface area contributed by atoms with E-state index in [0.29, 0.717) is 19.5 Å². The second-order valence-corrected chi connectivity index (χ2v) is 5.68. The van der Waals surface area contributed by atoms with Gasteiger partial charge in [0.15, 0.2) is 0 Å². The number of carbonyl (C=O) groups excluding carboxylic acids is 1. The number of nitrogens with zero attached hydrogens (tertiary/aromatic N) is 1. The highest BCUT2D eigenvalue weighted by atomic mass is 19.1. The lowest BCUT2D eigenvalue weighted by molar-refractivity contribution is -0.137. The molecule has 1 amide bonds. The number of carboxylic acid groups (broad SMARTS) is 1. The number of amides is 1. The normalized spacial score (nSPS) is 18.6. The Morgan fingerprint density at radius 3 is 2.86 bits per heavy atom. The molecule has 2 rings (SSSR count). The van der Waals surface area contributed by atoms with Gasteiger partial charge in [-0.3, -0.25) is 9.59 Å². The molecule has 4 nitrogen and oxygen atoms in total. The Balaban J connectivity index is 2.03. The Morgan fingerprint density at radius 2 is 2.19 bits per heavy atom. The lowest BCUT2D eigenvalue weighted by atomic mass is 9.93. The monoisotopic (exact) mass is 293 g/mol. The van der Waals surface area contributed by atoms with Crippen molar-refractivity contribution in [3.05, 3.63) is 35.1 Å². The fourth-order valence-electron chi connectivity index (χ4n) is 2.78. The maximum atomic E-state index is 13.9. The Bertz CT molecular complexity index is 544. The van der Waals surface area contributed by atoms with Gasteiger partial charge in [0.05, 0.1) is 5.56 Å². The molecule has 1 N–H and O–H groups in total. The molecule has 1 heterocycles. The predicted octanol–water partition coefficient (Wildman–Crippen LogP) is 2.85. The highest BCUT2D eigenvalue weighted by Gasteiger charge is 2.26.